The minimum Gasteiger partial charge on any atom is -0.395 e. The number of anilines is 1. The molecule has 0 saturated carbocycles. The van der Waals surface area contributed by atoms with Crippen LogP contribution >= 0.6 is 0 Å². The third-order valence-corrected chi connectivity index (χ3v) is 1.37. The maximum Gasteiger partial charge on any atom is 0.165 e. The Balaban J connectivity index is 3.44. The van der Waals surface area contributed by atoms with E-state index in [1.165, 1.54) is 0 Å². The van der Waals surface area contributed by atoms with Crippen LogP contribution in [-0.2, 0) is 0 Å². The van der Waals surface area contributed by atoms with E-state index < -0.39 is 5.82 Å². The molecule has 0 fully saturated rings. The van der Waals surface area contributed by atoms with Gasteiger partial charge >= 0.3 is 0 Å². The highest BCUT2D eigenvalue weighted by atomic mass is 19.1. The van der Waals surface area contributed by atoms with Crippen molar-refractivity contribution in [1.29, 1.82) is 5.26 Å². The number of hydrogen-bond donors (Lipinski definition) is 1. The van der Waals surface area contributed by atoms with E-state index >= 15 is 0 Å². The van der Waals surface area contributed by atoms with Crippen molar-refractivity contribution in [2.45, 2.75) is 6.92 Å². The Morgan fingerprint density at radius 1 is 1.73 bits per heavy atom. The number of nitrogens with zero attached hydrogens (tertiary/aromatic N) is 2. The van der Waals surface area contributed by atoms with Gasteiger partial charge in [-0.3, -0.25) is 4.98 Å². The SMILES string of the molecule is Cc1ncc(F)c(N)c1C#N. The topological polar surface area (TPSA) is 62.7 Å². The first-order valence-corrected chi connectivity index (χ1v) is 2.97. The summed E-state index contributed by atoms with van der Waals surface area (Å²) in [5, 5.41) is 8.49. The van der Waals surface area contributed by atoms with Crippen molar-refractivity contribution in [3.05, 3.63) is 23.3 Å². The summed E-state index contributed by atoms with van der Waals surface area (Å²) in [7, 11) is 0. The van der Waals surface area contributed by atoms with E-state index in [0.717, 1.165) is 6.20 Å². The van der Waals surface area contributed by atoms with Crippen molar-refractivity contribution >= 4 is 5.69 Å². The number of halogens is 1. The summed E-state index contributed by atoms with van der Waals surface area (Å²) in [6.45, 7) is 1.61. The Hall–Kier alpha value is -1.63. The van der Waals surface area contributed by atoms with Gasteiger partial charge in [-0.25, -0.2) is 4.39 Å². The first-order valence-electron chi connectivity index (χ1n) is 2.97. The molecule has 0 spiro atoms. The Bertz CT molecular complexity index is 327. The highest BCUT2D eigenvalue weighted by molar-refractivity contribution is 5.55. The number of aromatic nitrogens is 1. The maximum atomic E-state index is 12.6. The Labute approximate surface area is 63.3 Å². The normalized spacial score (nSPS) is 9.18. The minimum absolute atomic E-state index is 0.116. The van der Waals surface area contributed by atoms with Gasteiger partial charge in [-0.2, -0.15) is 5.26 Å². The van der Waals surface area contributed by atoms with Gasteiger partial charge in [0.25, 0.3) is 0 Å². The predicted molar refractivity (Wildman–Crippen MR) is 38.1 cm³/mol. The summed E-state index contributed by atoms with van der Waals surface area (Å²) in [6, 6.07) is 1.78. The van der Waals surface area contributed by atoms with Crippen LogP contribution in [0.15, 0.2) is 6.20 Å². The number of nitrogen functional groups attached to an aromatic ring is 1. The predicted octanol–water partition coefficient (Wildman–Crippen LogP) is 0.983. The van der Waals surface area contributed by atoms with E-state index in [4.69, 9.17) is 11.0 Å². The molecule has 0 saturated heterocycles. The fourth-order valence-electron chi connectivity index (χ4n) is 0.743. The number of pyridine rings is 1. The first-order chi connectivity index (χ1) is 5.16. The molecule has 0 unspecified atom stereocenters. The quantitative estimate of drug-likeness (QED) is 0.601. The molecule has 1 rings (SSSR count). The highest BCUT2D eigenvalue weighted by Crippen LogP contribution is 2.15. The van der Waals surface area contributed by atoms with Crippen LogP contribution in [-0.4, -0.2) is 4.98 Å². The van der Waals surface area contributed by atoms with Crippen LogP contribution in [0, 0.1) is 24.1 Å². The molecule has 1 aromatic heterocycles. The zero-order valence-electron chi connectivity index (χ0n) is 5.93. The van der Waals surface area contributed by atoms with Gasteiger partial charge in [-0.05, 0) is 6.92 Å². The molecule has 3 nitrogen and oxygen atoms in total. The summed E-state index contributed by atoms with van der Waals surface area (Å²) in [5.41, 5.74) is 5.70. The van der Waals surface area contributed by atoms with E-state index in [1.807, 2.05) is 0 Å². The van der Waals surface area contributed by atoms with Crippen LogP contribution in [0.1, 0.15) is 11.3 Å². The van der Waals surface area contributed by atoms with E-state index in [-0.39, 0.29) is 11.3 Å². The standard InChI is InChI=1S/C7H6FN3/c1-4-5(2-9)7(10)6(8)3-11-4/h3H,1H3,(H2,10,11). The van der Waals surface area contributed by atoms with Crippen molar-refractivity contribution < 1.29 is 4.39 Å². The van der Waals surface area contributed by atoms with Gasteiger partial charge in [0.05, 0.1) is 23.1 Å². The zero-order chi connectivity index (χ0) is 8.43. The monoisotopic (exact) mass is 151 g/mol. The molecule has 1 heterocycles. The summed E-state index contributed by atoms with van der Waals surface area (Å²) in [4.78, 5) is 3.63. The van der Waals surface area contributed by atoms with Crippen LogP contribution in [0.2, 0.25) is 0 Å². The Morgan fingerprint density at radius 3 is 2.82 bits per heavy atom. The van der Waals surface area contributed by atoms with Crippen molar-refractivity contribution in [2.75, 3.05) is 5.73 Å². The third kappa shape index (κ3) is 1.13. The molecular formula is C7H6FN3. The van der Waals surface area contributed by atoms with E-state index in [0.29, 0.717) is 5.69 Å². The van der Waals surface area contributed by atoms with Gasteiger partial charge in [0.2, 0.25) is 0 Å². The molecule has 0 aliphatic rings. The van der Waals surface area contributed by atoms with E-state index in [2.05, 4.69) is 4.98 Å². The van der Waals surface area contributed by atoms with Crippen LogP contribution in [0.3, 0.4) is 0 Å². The van der Waals surface area contributed by atoms with Crippen molar-refractivity contribution in [1.82, 2.24) is 4.98 Å². The van der Waals surface area contributed by atoms with E-state index in [1.54, 1.807) is 13.0 Å². The second kappa shape index (κ2) is 2.54. The number of rotatable bonds is 0. The summed E-state index contributed by atoms with van der Waals surface area (Å²) >= 11 is 0. The number of nitrogens with two attached hydrogens (primary N) is 1. The fraction of sp³-hybridized carbons (Fsp3) is 0.143. The van der Waals surface area contributed by atoms with Crippen molar-refractivity contribution in [2.24, 2.45) is 0 Å². The molecule has 0 radical (unpaired) electrons. The lowest BCUT2D eigenvalue weighted by atomic mass is 10.2. The molecule has 0 aromatic carbocycles. The van der Waals surface area contributed by atoms with Crippen LogP contribution in [0.5, 0.6) is 0 Å². The first kappa shape index (κ1) is 7.48. The second-order valence-electron chi connectivity index (χ2n) is 2.09. The van der Waals surface area contributed by atoms with Crippen molar-refractivity contribution in [3.8, 4) is 6.07 Å². The number of nitriles is 1. The molecule has 1 aromatic rings. The summed E-state index contributed by atoms with van der Waals surface area (Å²) in [5.74, 6) is -0.646. The molecule has 56 valence electrons. The van der Waals surface area contributed by atoms with Gasteiger partial charge in [0.1, 0.15) is 6.07 Å². The van der Waals surface area contributed by atoms with Gasteiger partial charge in [-0.15, -0.1) is 0 Å². The Kier molecular flexibility index (Phi) is 1.73. The smallest absolute Gasteiger partial charge is 0.165 e. The zero-order valence-corrected chi connectivity index (χ0v) is 5.93. The van der Waals surface area contributed by atoms with Gasteiger partial charge in [0.15, 0.2) is 5.82 Å². The number of aryl methyl sites for hydroxylation is 1. The molecule has 2 N–H and O–H groups in total. The summed E-state index contributed by atoms with van der Waals surface area (Å²) in [6.07, 6.45) is 1.01. The van der Waals surface area contributed by atoms with Crippen LogP contribution < -0.4 is 5.73 Å². The molecule has 0 bridgehead atoms. The number of hydrogen-bond acceptors (Lipinski definition) is 3. The van der Waals surface area contributed by atoms with Crippen LogP contribution in [0.4, 0.5) is 10.1 Å². The van der Waals surface area contributed by atoms with Gasteiger partial charge in [-0.1, -0.05) is 0 Å². The fourth-order valence-corrected chi connectivity index (χ4v) is 0.743. The molecular weight excluding hydrogens is 145 g/mol. The van der Waals surface area contributed by atoms with E-state index in [9.17, 15) is 4.39 Å². The van der Waals surface area contributed by atoms with Crippen molar-refractivity contribution in [3.63, 3.8) is 0 Å². The maximum absolute atomic E-state index is 12.6. The molecule has 0 aliphatic carbocycles. The lowest BCUT2D eigenvalue weighted by Crippen LogP contribution is -1.99. The Morgan fingerprint density at radius 2 is 2.36 bits per heavy atom. The van der Waals surface area contributed by atoms with Gasteiger partial charge in [0, 0.05) is 0 Å². The lowest BCUT2D eigenvalue weighted by Gasteiger charge is -1.99. The molecule has 0 amide bonds. The largest absolute Gasteiger partial charge is 0.395 e. The summed E-state index contributed by atoms with van der Waals surface area (Å²) < 4.78 is 12.6. The average Bonchev–Trinajstić information content (AvgIpc) is 1.99. The molecule has 0 atom stereocenters. The molecule has 0 aliphatic heterocycles. The lowest BCUT2D eigenvalue weighted by molar-refractivity contribution is 0.624. The minimum atomic E-state index is -0.646. The third-order valence-electron chi connectivity index (χ3n) is 1.37. The second-order valence-corrected chi connectivity index (χ2v) is 2.09. The highest BCUT2D eigenvalue weighted by Gasteiger charge is 2.07. The average molecular weight is 151 g/mol. The van der Waals surface area contributed by atoms with Crippen LogP contribution in [0.25, 0.3) is 0 Å². The van der Waals surface area contributed by atoms with Gasteiger partial charge < -0.3 is 5.73 Å². The molecule has 11 heavy (non-hydrogen) atoms. The molecule has 4 heteroatoms.